The maximum Gasteiger partial charge on any atom is 0.156 e. The Balaban J connectivity index is 2.38. The van der Waals surface area contributed by atoms with Gasteiger partial charge in [0.15, 0.2) is 6.67 Å². The van der Waals surface area contributed by atoms with Crippen molar-refractivity contribution in [1.29, 1.82) is 0 Å². The SMILES string of the molecule is NCCC[N+]1(CCCN)C=CNC1. The maximum atomic E-state index is 5.51. The van der Waals surface area contributed by atoms with Gasteiger partial charge in [-0.2, -0.15) is 0 Å². The smallest absolute Gasteiger partial charge is 0.156 e. The second-order valence-corrected chi connectivity index (χ2v) is 3.63. The van der Waals surface area contributed by atoms with Crippen molar-refractivity contribution in [1.82, 2.24) is 5.32 Å². The Labute approximate surface area is 80.2 Å². The Bertz CT molecular complexity index is 159. The first kappa shape index (κ1) is 10.5. The lowest BCUT2D eigenvalue weighted by atomic mass is 10.3. The molecule has 5 N–H and O–H groups in total. The summed E-state index contributed by atoms with van der Waals surface area (Å²) in [6, 6.07) is 0. The summed E-state index contributed by atoms with van der Waals surface area (Å²) >= 11 is 0. The predicted octanol–water partition coefficient (Wildman–Crippen LogP) is -0.467. The Hall–Kier alpha value is -0.580. The van der Waals surface area contributed by atoms with Crippen molar-refractivity contribution in [2.45, 2.75) is 12.8 Å². The van der Waals surface area contributed by atoms with Gasteiger partial charge in [0.25, 0.3) is 0 Å². The summed E-state index contributed by atoms with van der Waals surface area (Å²) in [5.41, 5.74) is 11.0. The molecule has 0 fully saturated rings. The summed E-state index contributed by atoms with van der Waals surface area (Å²) in [6.07, 6.45) is 6.42. The van der Waals surface area contributed by atoms with Crippen molar-refractivity contribution in [3.8, 4) is 0 Å². The van der Waals surface area contributed by atoms with Gasteiger partial charge >= 0.3 is 0 Å². The van der Waals surface area contributed by atoms with Gasteiger partial charge in [0, 0.05) is 12.8 Å². The second kappa shape index (κ2) is 5.21. The van der Waals surface area contributed by atoms with Crippen LogP contribution in [0.5, 0.6) is 0 Å². The summed E-state index contributed by atoms with van der Waals surface area (Å²) in [5.74, 6) is 0. The first-order valence-electron chi connectivity index (χ1n) is 5.00. The molecule has 0 aromatic rings. The molecule has 0 bridgehead atoms. The fraction of sp³-hybridized carbons (Fsp3) is 0.778. The van der Waals surface area contributed by atoms with Crippen LogP contribution in [-0.4, -0.2) is 37.3 Å². The molecule has 1 rings (SSSR count). The monoisotopic (exact) mass is 185 g/mol. The molecule has 0 saturated heterocycles. The normalized spacial score (nSPS) is 18.9. The largest absolute Gasteiger partial charge is 0.340 e. The van der Waals surface area contributed by atoms with Crippen molar-refractivity contribution in [2.75, 3.05) is 32.8 Å². The first-order valence-corrected chi connectivity index (χ1v) is 5.00. The highest BCUT2D eigenvalue weighted by atomic mass is 15.4. The van der Waals surface area contributed by atoms with E-state index in [0.29, 0.717) is 0 Å². The molecule has 0 aliphatic carbocycles. The fourth-order valence-electron chi connectivity index (χ4n) is 1.73. The number of hydrogen-bond donors (Lipinski definition) is 3. The molecule has 4 heteroatoms. The third-order valence-corrected chi connectivity index (χ3v) is 2.53. The highest BCUT2D eigenvalue weighted by Gasteiger charge is 2.26. The van der Waals surface area contributed by atoms with E-state index in [9.17, 15) is 0 Å². The zero-order valence-corrected chi connectivity index (χ0v) is 8.21. The molecule has 1 heterocycles. The molecule has 0 saturated carbocycles. The minimum absolute atomic E-state index is 0.774. The minimum Gasteiger partial charge on any atom is -0.340 e. The van der Waals surface area contributed by atoms with Gasteiger partial charge in [-0.3, -0.25) is 4.48 Å². The van der Waals surface area contributed by atoms with Gasteiger partial charge in [0.2, 0.25) is 0 Å². The summed E-state index contributed by atoms with van der Waals surface area (Å²) in [6.45, 7) is 4.80. The topological polar surface area (TPSA) is 64.1 Å². The van der Waals surface area contributed by atoms with E-state index >= 15 is 0 Å². The Morgan fingerprint density at radius 3 is 2.15 bits per heavy atom. The van der Waals surface area contributed by atoms with E-state index in [1.165, 1.54) is 0 Å². The molecule has 0 radical (unpaired) electrons. The molecule has 0 atom stereocenters. The van der Waals surface area contributed by atoms with Crippen molar-refractivity contribution in [3.05, 3.63) is 12.4 Å². The van der Waals surface area contributed by atoms with Crippen molar-refractivity contribution >= 4 is 0 Å². The van der Waals surface area contributed by atoms with Crippen molar-refractivity contribution < 1.29 is 4.48 Å². The predicted molar refractivity (Wildman–Crippen MR) is 54.5 cm³/mol. The van der Waals surface area contributed by atoms with Crippen LogP contribution in [-0.2, 0) is 0 Å². The quantitative estimate of drug-likeness (QED) is 0.490. The third-order valence-electron chi connectivity index (χ3n) is 2.53. The van der Waals surface area contributed by atoms with Crippen LogP contribution in [0.4, 0.5) is 0 Å². The Kier molecular flexibility index (Phi) is 4.21. The lowest BCUT2D eigenvalue weighted by Crippen LogP contribution is -2.46. The maximum absolute atomic E-state index is 5.51. The van der Waals surface area contributed by atoms with Crippen LogP contribution in [0.1, 0.15) is 12.8 Å². The number of nitrogens with zero attached hydrogens (tertiary/aromatic N) is 1. The van der Waals surface area contributed by atoms with Crippen LogP contribution in [0, 0.1) is 0 Å². The molecule has 76 valence electrons. The van der Waals surface area contributed by atoms with Crippen LogP contribution < -0.4 is 16.8 Å². The molecular formula is C9H21N4+. The van der Waals surface area contributed by atoms with E-state index in [4.69, 9.17) is 11.5 Å². The molecular weight excluding hydrogens is 164 g/mol. The van der Waals surface area contributed by atoms with Gasteiger partial charge in [0.1, 0.15) is 6.20 Å². The molecule has 0 spiro atoms. The van der Waals surface area contributed by atoms with E-state index in [1.54, 1.807) is 0 Å². The summed E-state index contributed by atoms with van der Waals surface area (Å²) in [5, 5.41) is 3.24. The van der Waals surface area contributed by atoms with Gasteiger partial charge in [0.05, 0.1) is 19.3 Å². The number of nitrogens with two attached hydrogens (primary N) is 2. The van der Waals surface area contributed by atoms with E-state index in [1.807, 2.05) is 6.20 Å². The standard InChI is InChI=1S/C9H21N4/c10-3-1-6-13(7-2-4-11)8-5-12-9-13/h5,8,12H,1-4,6-7,9-11H2/q+1. The third kappa shape index (κ3) is 2.99. The highest BCUT2D eigenvalue weighted by Crippen LogP contribution is 2.13. The van der Waals surface area contributed by atoms with Gasteiger partial charge < -0.3 is 16.8 Å². The molecule has 0 aromatic heterocycles. The number of hydrogen-bond acceptors (Lipinski definition) is 3. The van der Waals surface area contributed by atoms with Crippen molar-refractivity contribution in [3.63, 3.8) is 0 Å². The average Bonchev–Trinajstić information content (AvgIpc) is 2.61. The Morgan fingerprint density at radius 2 is 1.77 bits per heavy atom. The molecule has 4 nitrogen and oxygen atoms in total. The number of quaternary nitrogens is 1. The summed E-state index contributed by atoms with van der Waals surface area (Å²) in [4.78, 5) is 0. The molecule has 1 aliphatic rings. The summed E-state index contributed by atoms with van der Waals surface area (Å²) < 4.78 is 1.01. The average molecular weight is 185 g/mol. The second-order valence-electron chi connectivity index (χ2n) is 3.63. The van der Waals surface area contributed by atoms with Gasteiger partial charge in [-0.25, -0.2) is 0 Å². The zero-order chi connectivity index (χ0) is 9.57. The molecule has 0 unspecified atom stereocenters. The minimum atomic E-state index is 0.774. The molecule has 0 amide bonds. The number of nitrogens with one attached hydrogen (secondary N) is 1. The van der Waals surface area contributed by atoms with E-state index in [2.05, 4.69) is 11.5 Å². The highest BCUT2D eigenvalue weighted by molar-refractivity contribution is 4.77. The first-order chi connectivity index (χ1) is 6.33. The number of rotatable bonds is 6. The van der Waals surface area contributed by atoms with Crippen molar-refractivity contribution in [2.24, 2.45) is 11.5 Å². The molecule has 0 aromatic carbocycles. The molecule has 13 heavy (non-hydrogen) atoms. The van der Waals surface area contributed by atoms with Crippen LogP contribution in [0.2, 0.25) is 0 Å². The van der Waals surface area contributed by atoms with E-state index in [-0.39, 0.29) is 0 Å². The van der Waals surface area contributed by atoms with Gasteiger partial charge in [-0.15, -0.1) is 0 Å². The van der Waals surface area contributed by atoms with Gasteiger partial charge in [-0.1, -0.05) is 0 Å². The van der Waals surface area contributed by atoms with Gasteiger partial charge in [-0.05, 0) is 13.1 Å². The zero-order valence-electron chi connectivity index (χ0n) is 8.21. The van der Waals surface area contributed by atoms with Crippen LogP contribution in [0.3, 0.4) is 0 Å². The van der Waals surface area contributed by atoms with E-state index in [0.717, 1.165) is 50.2 Å². The molecule has 1 aliphatic heterocycles. The fourth-order valence-corrected chi connectivity index (χ4v) is 1.73. The lowest BCUT2D eigenvalue weighted by Gasteiger charge is -2.30. The van der Waals surface area contributed by atoms with Crippen LogP contribution in [0.15, 0.2) is 12.4 Å². The lowest BCUT2D eigenvalue weighted by molar-refractivity contribution is -0.876. The summed E-state index contributed by atoms with van der Waals surface area (Å²) in [7, 11) is 0. The van der Waals surface area contributed by atoms with Crippen LogP contribution in [0.25, 0.3) is 0 Å². The van der Waals surface area contributed by atoms with E-state index < -0.39 is 0 Å². The van der Waals surface area contributed by atoms with Crippen LogP contribution >= 0.6 is 0 Å². The Morgan fingerprint density at radius 1 is 1.15 bits per heavy atom.